The first-order valence-electron chi connectivity index (χ1n) is 10.1. The smallest absolute Gasteiger partial charge is 0.0588 e. The minimum absolute atomic E-state index is 0. The Labute approximate surface area is 168 Å². The van der Waals surface area contributed by atoms with Crippen molar-refractivity contribution in [3.8, 4) is 0 Å². The molecule has 3 aromatic rings. The predicted octanol–water partition coefficient (Wildman–Crippen LogP) is 5.61. The Bertz CT molecular complexity index is 946. The number of nitrogens with zero attached hydrogens (tertiary/aromatic N) is 2. The highest BCUT2D eigenvalue weighted by Crippen LogP contribution is 2.46. The van der Waals surface area contributed by atoms with E-state index < -0.39 is 0 Å². The van der Waals surface area contributed by atoms with Crippen molar-refractivity contribution in [2.75, 3.05) is 13.1 Å². The van der Waals surface area contributed by atoms with Crippen LogP contribution in [0.15, 0.2) is 54.6 Å². The van der Waals surface area contributed by atoms with Crippen LogP contribution in [0.5, 0.6) is 0 Å². The van der Waals surface area contributed by atoms with Crippen LogP contribution in [0, 0.1) is 5.92 Å². The summed E-state index contributed by atoms with van der Waals surface area (Å²) in [6.07, 6.45) is 3.78. The molecule has 2 aliphatic heterocycles. The van der Waals surface area contributed by atoms with Gasteiger partial charge in [-0.2, -0.15) is 0 Å². The molecule has 2 aromatic carbocycles. The van der Waals surface area contributed by atoms with Crippen molar-refractivity contribution in [3.63, 3.8) is 0 Å². The molecule has 0 saturated carbocycles. The third-order valence-electron chi connectivity index (χ3n) is 6.76. The summed E-state index contributed by atoms with van der Waals surface area (Å²) < 4.78 is 2.63. The van der Waals surface area contributed by atoms with E-state index in [1.807, 2.05) is 0 Å². The molecule has 3 heterocycles. The molecule has 0 spiro atoms. The van der Waals surface area contributed by atoms with Gasteiger partial charge in [-0.3, -0.25) is 4.90 Å². The van der Waals surface area contributed by atoms with Gasteiger partial charge in [-0.25, -0.2) is 0 Å². The van der Waals surface area contributed by atoms with E-state index >= 15 is 0 Å². The lowest BCUT2D eigenvalue weighted by Gasteiger charge is -2.50. The lowest BCUT2D eigenvalue weighted by atomic mass is 9.77. The summed E-state index contributed by atoms with van der Waals surface area (Å²) in [6, 6.07) is 20.0. The largest absolute Gasteiger partial charge is 0.338 e. The number of hydrogen-bond acceptors (Lipinski definition) is 1. The van der Waals surface area contributed by atoms with Gasteiger partial charge in [0.1, 0.15) is 0 Å². The molecule has 2 atom stereocenters. The normalized spacial score (nSPS) is 24.9. The second-order valence-electron chi connectivity index (χ2n) is 8.53. The third kappa shape index (κ3) is 2.90. The van der Waals surface area contributed by atoms with Crippen LogP contribution in [-0.2, 0) is 18.5 Å². The highest BCUT2D eigenvalue weighted by atomic mass is 35.5. The van der Waals surface area contributed by atoms with Crippen molar-refractivity contribution in [2.45, 2.75) is 45.2 Å². The Hall–Kier alpha value is -1.77. The molecule has 5 rings (SSSR count). The van der Waals surface area contributed by atoms with E-state index in [1.165, 1.54) is 48.8 Å². The summed E-state index contributed by atoms with van der Waals surface area (Å²) in [5, 5.41) is 1.47. The Balaban J connectivity index is 0.00000180. The molecule has 0 aliphatic carbocycles. The molecule has 27 heavy (non-hydrogen) atoms. The van der Waals surface area contributed by atoms with E-state index in [2.05, 4.69) is 77.9 Å². The number of halogens is 1. The molecule has 2 aliphatic rings. The van der Waals surface area contributed by atoms with Gasteiger partial charge >= 0.3 is 0 Å². The standard InChI is InChI=1S/C24H28N2.ClH/c1-18-12-14-24(2)23-21(13-15-25(24)16-18)20-10-6-7-11-22(20)26(23)17-19-8-4-3-5-9-19;/h3-11,18H,12-17H2,1-2H3;1H. The minimum Gasteiger partial charge on any atom is -0.338 e. The Kier molecular flexibility index (Phi) is 4.82. The summed E-state index contributed by atoms with van der Waals surface area (Å²) >= 11 is 0. The van der Waals surface area contributed by atoms with Crippen molar-refractivity contribution in [1.29, 1.82) is 0 Å². The molecule has 1 fully saturated rings. The third-order valence-corrected chi connectivity index (χ3v) is 6.76. The predicted molar refractivity (Wildman–Crippen MR) is 116 cm³/mol. The second-order valence-corrected chi connectivity index (χ2v) is 8.53. The minimum atomic E-state index is 0. The Morgan fingerprint density at radius 2 is 1.78 bits per heavy atom. The van der Waals surface area contributed by atoms with Gasteiger partial charge in [0, 0.05) is 36.2 Å². The van der Waals surface area contributed by atoms with Crippen LogP contribution >= 0.6 is 12.4 Å². The Morgan fingerprint density at radius 3 is 2.59 bits per heavy atom. The summed E-state index contributed by atoms with van der Waals surface area (Å²) in [6.45, 7) is 8.32. The molecular weight excluding hydrogens is 352 g/mol. The van der Waals surface area contributed by atoms with Gasteiger partial charge in [0.25, 0.3) is 0 Å². The lowest BCUT2D eigenvalue weighted by molar-refractivity contribution is 0.0195. The maximum atomic E-state index is 2.77. The first kappa shape index (κ1) is 18.6. The van der Waals surface area contributed by atoms with Gasteiger partial charge < -0.3 is 4.57 Å². The van der Waals surface area contributed by atoms with Crippen molar-refractivity contribution < 1.29 is 0 Å². The highest BCUT2D eigenvalue weighted by Gasteiger charge is 2.44. The van der Waals surface area contributed by atoms with Crippen molar-refractivity contribution in [3.05, 3.63) is 71.4 Å². The number of benzene rings is 2. The van der Waals surface area contributed by atoms with Crippen molar-refractivity contribution in [2.24, 2.45) is 5.92 Å². The van der Waals surface area contributed by atoms with Crippen LogP contribution in [-0.4, -0.2) is 22.6 Å². The summed E-state index contributed by atoms with van der Waals surface area (Å²) in [7, 11) is 0. The molecule has 2 nitrogen and oxygen atoms in total. The summed E-state index contributed by atoms with van der Waals surface area (Å²) in [5.74, 6) is 0.816. The van der Waals surface area contributed by atoms with Gasteiger partial charge in [0.15, 0.2) is 0 Å². The van der Waals surface area contributed by atoms with Crippen LogP contribution in [0.4, 0.5) is 0 Å². The molecule has 0 bridgehead atoms. The van der Waals surface area contributed by atoms with E-state index in [0.717, 1.165) is 12.5 Å². The van der Waals surface area contributed by atoms with Crippen LogP contribution in [0.2, 0.25) is 0 Å². The molecular formula is C24H29ClN2. The number of aromatic nitrogens is 1. The number of piperidine rings is 1. The van der Waals surface area contributed by atoms with Gasteiger partial charge in [-0.15, -0.1) is 12.4 Å². The summed E-state index contributed by atoms with van der Waals surface area (Å²) in [4.78, 5) is 2.77. The van der Waals surface area contributed by atoms with Gasteiger partial charge in [0.05, 0.1) is 5.54 Å². The number of rotatable bonds is 2. The van der Waals surface area contributed by atoms with Gasteiger partial charge in [0.2, 0.25) is 0 Å². The maximum absolute atomic E-state index is 2.77. The van der Waals surface area contributed by atoms with Crippen molar-refractivity contribution in [1.82, 2.24) is 9.47 Å². The van der Waals surface area contributed by atoms with E-state index in [-0.39, 0.29) is 17.9 Å². The lowest BCUT2D eigenvalue weighted by Crippen LogP contribution is -2.54. The van der Waals surface area contributed by atoms with E-state index in [1.54, 1.807) is 11.3 Å². The zero-order chi connectivity index (χ0) is 17.7. The Morgan fingerprint density at radius 1 is 1.04 bits per heavy atom. The molecule has 0 N–H and O–H groups in total. The molecule has 1 saturated heterocycles. The van der Waals surface area contributed by atoms with Crippen LogP contribution in [0.1, 0.15) is 43.5 Å². The van der Waals surface area contributed by atoms with Crippen LogP contribution in [0.3, 0.4) is 0 Å². The number of para-hydroxylation sites is 1. The fourth-order valence-electron chi connectivity index (χ4n) is 5.38. The molecule has 0 amide bonds. The zero-order valence-electron chi connectivity index (χ0n) is 16.3. The number of fused-ring (bicyclic) bond motifs is 5. The molecule has 1 aromatic heterocycles. The van der Waals surface area contributed by atoms with Gasteiger partial charge in [-0.05, 0) is 49.3 Å². The highest BCUT2D eigenvalue weighted by molar-refractivity contribution is 5.86. The topological polar surface area (TPSA) is 8.17 Å². The zero-order valence-corrected chi connectivity index (χ0v) is 17.1. The van der Waals surface area contributed by atoms with E-state index in [0.29, 0.717) is 0 Å². The molecule has 2 unspecified atom stereocenters. The maximum Gasteiger partial charge on any atom is 0.0588 e. The van der Waals surface area contributed by atoms with Crippen LogP contribution in [0.25, 0.3) is 10.9 Å². The second kappa shape index (κ2) is 7.00. The van der Waals surface area contributed by atoms with Crippen LogP contribution < -0.4 is 0 Å². The van der Waals surface area contributed by atoms with Gasteiger partial charge in [-0.1, -0.05) is 55.5 Å². The average molecular weight is 381 g/mol. The van der Waals surface area contributed by atoms with Crippen molar-refractivity contribution >= 4 is 23.3 Å². The monoisotopic (exact) mass is 380 g/mol. The number of hydrogen-bond donors (Lipinski definition) is 0. The summed E-state index contributed by atoms with van der Waals surface area (Å²) in [5.41, 5.74) is 6.16. The quantitative estimate of drug-likeness (QED) is 0.560. The first-order valence-corrected chi connectivity index (χ1v) is 10.1. The SMILES string of the molecule is CC1CCC2(C)c3c(c4ccccc4n3Cc3ccccc3)CCN2C1.Cl. The van der Waals surface area contributed by atoms with E-state index in [4.69, 9.17) is 0 Å². The molecule has 3 heteroatoms. The fourth-order valence-corrected chi connectivity index (χ4v) is 5.38. The molecule has 0 radical (unpaired) electrons. The first-order chi connectivity index (χ1) is 12.7. The molecule has 142 valence electrons. The van der Waals surface area contributed by atoms with E-state index in [9.17, 15) is 0 Å². The average Bonchev–Trinajstić information content (AvgIpc) is 2.98. The fraction of sp³-hybridized carbons (Fsp3) is 0.417.